The Kier molecular flexibility index (Phi) is 7.99. The topological polar surface area (TPSA) is 78.4 Å². The number of carbonyl (C=O) groups is 2. The number of phenolic OH excluding ortho intramolecular Hbond substituents is 1. The second kappa shape index (κ2) is 11.5. The van der Waals surface area contributed by atoms with Crippen LogP contribution in [0.1, 0.15) is 66.2 Å². The van der Waals surface area contributed by atoms with Crippen LogP contribution in [0.3, 0.4) is 0 Å². The van der Waals surface area contributed by atoms with Gasteiger partial charge in [-0.3, -0.25) is 9.59 Å². The third-order valence-corrected chi connectivity index (χ3v) is 6.32. The first-order chi connectivity index (χ1) is 17.1. The summed E-state index contributed by atoms with van der Waals surface area (Å²) < 4.78 is 0. The molecule has 0 fully saturated rings. The number of carbonyl (C=O) groups excluding carboxylic acids is 2. The smallest absolute Gasteiger partial charge is 0.259 e. The molecule has 5 nitrogen and oxygen atoms in total. The van der Waals surface area contributed by atoms with E-state index in [1.807, 2.05) is 42.5 Å². The number of phenols is 1. The molecule has 4 rings (SSSR count). The van der Waals surface area contributed by atoms with Gasteiger partial charge in [-0.2, -0.15) is 0 Å². The molecule has 0 spiro atoms. The number of unbranched alkanes of at least 4 members (excludes halogenated alkanes) is 5. The van der Waals surface area contributed by atoms with Crippen molar-refractivity contribution in [3.63, 3.8) is 0 Å². The maximum Gasteiger partial charge on any atom is 0.259 e. The van der Waals surface area contributed by atoms with Crippen LogP contribution in [-0.2, 0) is 0 Å². The Labute approximate surface area is 206 Å². The molecule has 5 heteroatoms. The third kappa shape index (κ3) is 5.99. The number of amides is 2. The summed E-state index contributed by atoms with van der Waals surface area (Å²) in [7, 11) is 0. The number of nitrogens with one attached hydrogen (secondary N) is 2. The van der Waals surface area contributed by atoms with Gasteiger partial charge in [0.15, 0.2) is 0 Å². The molecule has 0 bridgehead atoms. The molecule has 0 saturated carbocycles. The average Bonchev–Trinajstić information content (AvgIpc) is 2.87. The fourth-order valence-electron chi connectivity index (χ4n) is 4.34. The minimum atomic E-state index is -0.404. The van der Waals surface area contributed by atoms with E-state index in [9.17, 15) is 14.7 Å². The van der Waals surface area contributed by atoms with Gasteiger partial charge in [0.25, 0.3) is 11.8 Å². The van der Waals surface area contributed by atoms with E-state index in [0.717, 1.165) is 34.4 Å². The molecule has 4 aromatic carbocycles. The standard InChI is InChI=1S/C30H32N2O3/c1-2-3-4-5-6-9-17-31-29(34)23-16-15-22-20-28(33)26(19-24(22)18-23)30(35)32-27-14-10-12-21-11-7-8-13-25(21)27/h7-8,10-16,18-20,33H,2-6,9,17H2,1H3,(H,31,34)(H,32,35). The van der Waals surface area contributed by atoms with E-state index in [-0.39, 0.29) is 17.2 Å². The average molecular weight is 469 g/mol. The number of hydrogen-bond acceptors (Lipinski definition) is 3. The van der Waals surface area contributed by atoms with E-state index < -0.39 is 5.91 Å². The van der Waals surface area contributed by atoms with E-state index in [0.29, 0.717) is 17.8 Å². The van der Waals surface area contributed by atoms with E-state index in [1.165, 1.54) is 25.7 Å². The minimum absolute atomic E-state index is 0.101. The predicted octanol–water partition coefficient (Wildman–Crippen LogP) is 7.04. The first-order valence-electron chi connectivity index (χ1n) is 12.4. The Bertz CT molecular complexity index is 1340. The Morgan fingerprint density at radius 1 is 0.743 bits per heavy atom. The normalized spacial score (nSPS) is 11.0. The maximum atomic E-state index is 13.1. The van der Waals surface area contributed by atoms with E-state index in [2.05, 4.69) is 17.6 Å². The molecule has 0 aromatic heterocycles. The van der Waals surface area contributed by atoms with Crippen molar-refractivity contribution in [1.82, 2.24) is 5.32 Å². The molecular weight excluding hydrogens is 436 g/mol. The summed E-state index contributed by atoms with van der Waals surface area (Å²) in [6.07, 6.45) is 7.02. The van der Waals surface area contributed by atoms with Gasteiger partial charge in [-0.05, 0) is 52.9 Å². The number of rotatable bonds is 10. The predicted molar refractivity (Wildman–Crippen MR) is 143 cm³/mol. The lowest BCUT2D eigenvalue weighted by atomic mass is 10.0. The number of fused-ring (bicyclic) bond motifs is 2. The summed E-state index contributed by atoms with van der Waals surface area (Å²) in [6, 6.07) is 22.0. The fraction of sp³-hybridized carbons (Fsp3) is 0.267. The highest BCUT2D eigenvalue weighted by Crippen LogP contribution is 2.28. The lowest BCUT2D eigenvalue weighted by Crippen LogP contribution is -2.24. The van der Waals surface area contributed by atoms with Crippen molar-refractivity contribution in [2.75, 3.05) is 11.9 Å². The SMILES string of the molecule is CCCCCCCCNC(=O)c1ccc2cc(O)c(C(=O)Nc3cccc4ccccc34)cc2c1. The minimum Gasteiger partial charge on any atom is -0.507 e. The molecule has 2 amide bonds. The molecule has 0 aliphatic heterocycles. The molecule has 0 heterocycles. The van der Waals surface area contributed by atoms with Gasteiger partial charge in [-0.15, -0.1) is 0 Å². The molecule has 0 unspecified atom stereocenters. The highest BCUT2D eigenvalue weighted by atomic mass is 16.3. The van der Waals surface area contributed by atoms with Crippen LogP contribution in [0.5, 0.6) is 5.75 Å². The number of aromatic hydroxyl groups is 1. The van der Waals surface area contributed by atoms with Crippen molar-refractivity contribution in [2.45, 2.75) is 45.4 Å². The van der Waals surface area contributed by atoms with Gasteiger partial charge in [0.05, 0.1) is 5.56 Å². The lowest BCUT2D eigenvalue weighted by Gasteiger charge is -2.11. The van der Waals surface area contributed by atoms with E-state index >= 15 is 0 Å². The molecule has 0 aliphatic rings. The lowest BCUT2D eigenvalue weighted by molar-refractivity contribution is 0.0952. The van der Waals surface area contributed by atoms with Crippen LogP contribution in [0.25, 0.3) is 21.5 Å². The number of hydrogen-bond donors (Lipinski definition) is 3. The molecular formula is C30H32N2O3. The molecule has 4 aromatic rings. The summed E-state index contributed by atoms with van der Waals surface area (Å²) in [6.45, 7) is 2.85. The fourth-order valence-corrected chi connectivity index (χ4v) is 4.34. The second-order valence-corrected chi connectivity index (χ2v) is 8.94. The van der Waals surface area contributed by atoms with Gasteiger partial charge < -0.3 is 15.7 Å². The third-order valence-electron chi connectivity index (χ3n) is 6.32. The van der Waals surface area contributed by atoms with Gasteiger partial charge in [0.1, 0.15) is 5.75 Å². The van der Waals surface area contributed by atoms with Crippen LogP contribution >= 0.6 is 0 Å². The van der Waals surface area contributed by atoms with Crippen LogP contribution in [-0.4, -0.2) is 23.5 Å². The number of anilines is 1. The Morgan fingerprint density at radius 2 is 1.51 bits per heavy atom. The first kappa shape index (κ1) is 24.3. The van der Waals surface area contributed by atoms with Crippen LogP contribution in [0, 0.1) is 0 Å². The molecule has 0 aliphatic carbocycles. The molecule has 3 N–H and O–H groups in total. The van der Waals surface area contributed by atoms with E-state index in [1.54, 1.807) is 30.3 Å². The van der Waals surface area contributed by atoms with Crippen LogP contribution in [0.2, 0.25) is 0 Å². The molecule has 0 atom stereocenters. The van der Waals surface area contributed by atoms with Gasteiger partial charge in [0, 0.05) is 23.2 Å². The van der Waals surface area contributed by atoms with Crippen molar-refractivity contribution >= 4 is 39.0 Å². The Balaban J connectivity index is 1.47. The van der Waals surface area contributed by atoms with Crippen LogP contribution in [0.15, 0.2) is 72.8 Å². The molecule has 35 heavy (non-hydrogen) atoms. The maximum absolute atomic E-state index is 13.1. The van der Waals surface area contributed by atoms with Crippen LogP contribution < -0.4 is 10.6 Å². The number of benzene rings is 4. The second-order valence-electron chi connectivity index (χ2n) is 8.94. The van der Waals surface area contributed by atoms with Crippen molar-refractivity contribution in [3.8, 4) is 5.75 Å². The Hall–Kier alpha value is -3.86. The van der Waals surface area contributed by atoms with E-state index in [4.69, 9.17) is 0 Å². The summed E-state index contributed by atoms with van der Waals surface area (Å²) >= 11 is 0. The van der Waals surface area contributed by atoms with Gasteiger partial charge in [-0.1, -0.05) is 81.5 Å². The van der Waals surface area contributed by atoms with Gasteiger partial charge >= 0.3 is 0 Å². The summed E-state index contributed by atoms with van der Waals surface area (Å²) in [5, 5.41) is 19.9. The Morgan fingerprint density at radius 3 is 2.37 bits per heavy atom. The van der Waals surface area contributed by atoms with Crippen molar-refractivity contribution in [3.05, 3.63) is 83.9 Å². The zero-order valence-electron chi connectivity index (χ0n) is 20.1. The van der Waals surface area contributed by atoms with Gasteiger partial charge in [0.2, 0.25) is 0 Å². The monoisotopic (exact) mass is 468 g/mol. The summed E-state index contributed by atoms with van der Waals surface area (Å²) in [5.74, 6) is -0.635. The largest absolute Gasteiger partial charge is 0.507 e. The first-order valence-corrected chi connectivity index (χ1v) is 12.4. The van der Waals surface area contributed by atoms with Crippen molar-refractivity contribution in [2.24, 2.45) is 0 Å². The molecule has 0 saturated heterocycles. The molecule has 180 valence electrons. The van der Waals surface area contributed by atoms with Gasteiger partial charge in [-0.25, -0.2) is 0 Å². The van der Waals surface area contributed by atoms with Crippen molar-refractivity contribution < 1.29 is 14.7 Å². The zero-order chi connectivity index (χ0) is 24.6. The zero-order valence-corrected chi connectivity index (χ0v) is 20.1. The molecule has 0 radical (unpaired) electrons. The highest BCUT2D eigenvalue weighted by molar-refractivity contribution is 6.12. The summed E-state index contributed by atoms with van der Waals surface area (Å²) in [5.41, 5.74) is 1.38. The van der Waals surface area contributed by atoms with Crippen molar-refractivity contribution in [1.29, 1.82) is 0 Å². The van der Waals surface area contributed by atoms with Crippen LogP contribution in [0.4, 0.5) is 5.69 Å². The summed E-state index contributed by atoms with van der Waals surface area (Å²) in [4.78, 5) is 25.7. The highest BCUT2D eigenvalue weighted by Gasteiger charge is 2.15. The quantitative estimate of drug-likeness (QED) is 0.218.